The fourth-order valence-electron chi connectivity index (χ4n) is 1.86. The van der Waals surface area contributed by atoms with Gasteiger partial charge in [0.15, 0.2) is 0 Å². The van der Waals surface area contributed by atoms with E-state index >= 15 is 0 Å². The topological polar surface area (TPSA) is 44.1 Å². The van der Waals surface area contributed by atoms with Crippen LogP contribution in [0, 0.1) is 11.3 Å². The lowest BCUT2D eigenvalue weighted by Crippen LogP contribution is -2.25. The normalized spacial score (nSPS) is 10.0. The van der Waals surface area contributed by atoms with Crippen LogP contribution in [0.4, 0.5) is 5.69 Å². The molecule has 0 aromatic heterocycles. The van der Waals surface area contributed by atoms with Crippen LogP contribution in [0.2, 0.25) is 0 Å². The predicted molar refractivity (Wildman–Crippen MR) is 72.2 cm³/mol. The molecule has 3 nitrogen and oxygen atoms in total. The number of hydrogen-bond acceptors (Lipinski definition) is 2. The highest BCUT2D eigenvalue weighted by molar-refractivity contribution is 5.96. The number of hydrogen-bond donors (Lipinski definition) is 0. The van der Waals surface area contributed by atoms with E-state index in [-0.39, 0.29) is 18.7 Å². The monoisotopic (exact) mass is 238 g/mol. The lowest BCUT2D eigenvalue weighted by molar-refractivity contribution is -0.118. The molecule has 18 heavy (non-hydrogen) atoms. The van der Waals surface area contributed by atoms with Crippen molar-refractivity contribution in [2.75, 3.05) is 11.9 Å². The second-order valence-electron chi connectivity index (χ2n) is 4.14. The van der Waals surface area contributed by atoms with Gasteiger partial charge in [-0.15, -0.1) is 0 Å². The van der Waals surface area contributed by atoms with Crippen LogP contribution in [-0.4, -0.2) is 13.0 Å². The maximum atomic E-state index is 11.8. The van der Waals surface area contributed by atoms with Crippen LogP contribution in [0.1, 0.15) is 12.8 Å². The summed E-state index contributed by atoms with van der Waals surface area (Å²) in [6, 6.07) is 15.9. The first kappa shape index (κ1) is 12.1. The number of carbonyl (C=O) groups excluding carboxylic acids is 1. The molecule has 90 valence electrons. The molecule has 1 amide bonds. The van der Waals surface area contributed by atoms with Crippen molar-refractivity contribution in [3.8, 4) is 6.07 Å². The third-order valence-electron chi connectivity index (χ3n) is 2.95. The Morgan fingerprint density at radius 1 is 1.22 bits per heavy atom. The largest absolute Gasteiger partial charge is 0.315 e. The molecule has 2 rings (SSSR count). The van der Waals surface area contributed by atoms with Crippen molar-refractivity contribution in [2.45, 2.75) is 12.8 Å². The van der Waals surface area contributed by atoms with Gasteiger partial charge in [-0.25, -0.2) is 0 Å². The summed E-state index contributed by atoms with van der Waals surface area (Å²) in [7, 11) is 1.74. The molecular weight excluding hydrogens is 224 g/mol. The van der Waals surface area contributed by atoms with Gasteiger partial charge in [-0.2, -0.15) is 5.26 Å². The molecule has 0 radical (unpaired) electrons. The highest BCUT2D eigenvalue weighted by Crippen LogP contribution is 2.21. The molecular formula is C15H14N2O. The van der Waals surface area contributed by atoms with E-state index in [1.807, 2.05) is 48.5 Å². The molecule has 0 aliphatic carbocycles. The van der Waals surface area contributed by atoms with E-state index in [0.29, 0.717) is 0 Å². The summed E-state index contributed by atoms with van der Waals surface area (Å²) in [5.74, 6) is -0.0353. The maximum Gasteiger partial charge on any atom is 0.227 e. The highest BCUT2D eigenvalue weighted by Gasteiger charge is 2.10. The van der Waals surface area contributed by atoms with Crippen molar-refractivity contribution in [1.82, 2.24) is 0 Å². The molecule has 0 heterocycles. The van der Waals surface area contributed by atoms with E-state index in [1.165, 1.54) is 0 Å². The van der Waals surface area contributed by atoms with Crippen molar-refractivity contribution < 1.29 is 4.79 Å². The number of rotatable bonds is 3. The van der Waals surface area contributed by atoms with Crippen LogP contribution in [0.15, 0.2) is 42.5 Å². The molecule has 0 aliphatic rings. The van der Waals surface area contributed by atoms with E-state index < -0.39 is 0 Å². The first-order valence-corrected chi connectivity index (χ1v) is 5.84. The van der Waals surface area contributed by atoms with Crippen molar-refractivity contribution in [3.05, 3.63) is 42.5 Å². The SMILES string of the molecule is CN(C(=O)CCC#N)c1ccc2ccccc2c1. The first-order valence-electron chi connectivity index (χ1n) is 5.84. The number of nitrogens with zero attached hydrogens (tertiary/aromatic N) is 2. The zero-order chi connectivity index (χ0) is 13.0. The van der Waals surface area contributed by atoms with Gasteiger partial charge in [0, 0.05) is 25.6 Å². The second kappa shape index (κ2) is 5.33. The summed E-state index contributed by atoms with van der Waals surface area (Å²) in [4.78, 5) is 13.4. The van der Waals surface area contributed by atoms with Crippen molar-refractivity contribution >= 4 is 22.4 Å². The van der Waals surface area contributed by atoms with Gasteiger partial charge < -0.3 is 4.90 Å². The maximum absolute atomic E-state index is 11.8. The Bertz CT molecular complexity index is 613. The molecule has 0 bridgehead atoms. The third kappa shape index (κ3) is 2.49. The lowest BCUT2D eigenvalue weighted by Gasteiger charge is -2.17. The number of benzene rings is 2. The van der Waals surface area contributed by atoms with Gasteiger partial charge in [-0.05, 0) is 22.9 Å². The number of fused-ring (bicyclic) bond motifs is 1. The Morgan fingerprint density at radius 2 is 1.94 bits per heavy atom. The van der Waals surface area contributed by atoms with Crippen LogP contribution >= 0.6 is 0 Å². The minimum Gasteiger partial charge on any atom is -0.315 e. The number of carbonyl (C=O) groups is 1. The molecule has 0 saturated carbocycles. The van der Waals surface area contributed by atoms with Gasteiger partial charge in [0.1, 0.15) is 0 Å². The average molecular weight is 238 g/mol. The molecule has 0 spiro atoms. The van der Waals surface area contributed by atoms with Crippen LogP contribution in [0.5, 0.6) is 0 Å². The molecule has 0 saturated heterocycles. The summed E-state index contributed by atoms with van der Waals surface area (Å²) in [5, 5.41) is 10.7. The summed E-state index contributed by atoms with van der Waals surface area (Å²) in [6.45, 7) is 0. The van der Waals surface area contributed by atoms with E-state index in [0.717, 1.165) is 16.5 Å². The Hall–Kier alpha value is -2.34. The quantitative estimate of drug-likeness (QED) is 0.824. The van der Waals surface area contributed by atoms with E-state index in [4.69, 9.17) is 5.26 Å². The molecule has 0 fully saturated rings. The Labute approximate surface area is 106 Å². The summed E-state index contributed by atoms with van der Waals surface area (Å²) in [6.07, 6.45) is 0.524. The predicted octanol–water partition coefficient (Wildman–Crippen LogP) is 3.11. The standard InChI is InChI=1S/C15H14N2O/c1-17(15(18)7-4-10-16)14-9-8-12-5-2-3-6-13(12)11-14/h2-3,5-6,8-9,11H,4,7H2,1H3. The molecule has 3 heteroatoms. The van der Waals surface area contributed by atoms with Crippen LogP contribution in [-0.2, 0) is 4.79 Å². The van der Waals surface area contributed by atoms with Gasteiger partial charge in [-0.3, -0.25) is 4.79 Å². The van der Waals surface area contributed by atoms with Crippen LogP contribution in [0.3, 0.4) is 0 Å². The highest BCUT2D eigenvalue weighted by atomic mass is 16.2. The van der Waals surface area contributed by atoms with Gasteiger partial charge in [0.2, 0.25) is 5.91 Å². The fraction of sp³-hybridized carbons (Fsp3) is 0.200. The van der Waals surface area contributed by atoms with Crippen molar-refractivity contribution in [3.63, 3.8) is 0 Å². The van der Waals surface area contributed by atoms with E-state index in [9.17, 15) is 4.79 Å². The molecule has 2 aromatic carbocycles. The molecule has 0 unspecified atom stereocenters. The first-order chi connectivity index (χ1) is 8.72. The lowest BCUT2D eigenvalue weighted by atomic mass is 10.1. The molecule has 0 aliphatic heterocycles. The number of amides is 1. The minimum atomic E-state index is -0.0353. The van der Waals surface area contributed by atoms with Gasteiger partial charge in [-0.1, -0.05) is 30.3 Å². The second-order valence-corrected chi connectivity index (χ2v) is 4.14. The molecule has 2 aromatic rings. The Balaban J connectivity index is 2.25. The average Bonchev–Trinajstić information content (AvgIpc) is 2.43. The van der Waals surface area contributed by atoms with Crippen LogP contribution in [0.25, 0.3) is 10.8 Å². The number of anilines is 1. The van der Waals surface area contributed by atoms with Crippen molar-refractivity contribution in [2.24, 2.45) is 0 Å². The van der Waals surface area contributed by atoms with Gasteiger partial charge >= 0.3 is 0 Å². The van der Waals surface area contributed by atoms with Crippen LogP contribution < -0.4 is 4.90 Å². The van der Waals surface area contributed by atoms with E-state index in [1.54, 1.807) is 11.9 Å². The number of nitriles is 1. The van der Waals surface area contributed by atoms with Gasteiger partial charge in [0.05, 0.1) is 6.07 Å². The third-order valence-corrected chi connectivity index (χ3v) is 2.95. The van der Waals surface area contributed by atoms with E-state index in [2.05, 4.69) is 0 Å². The van der Waals surface area contributed by atoms with Crippen molar-refractivity contribution in [1.29, 1.82) is 5.26 Å². The Kier molecular flexibility index (Phi) is 3.59. The zero-order valence-electron chi connectivity index (χ0n) is 10.3. The summed E-state index contributed by atoms with van der Waals surface area (Å²) < 4.78 is 0. The minimum absolute atomic E-state index is 0.0353. The Morgan fingerprint density at radius 3 is 2.67 bits per heavy atom. The summed E-state index contributed by atoms with van der Waals surface area (Å²) in [5.41, 5.74) is 0.858. The molecule has 0 N–H and O–H groups in total. The zero-order valence-corrected chi connectivity index (χ0v) is 10.3. The fourth-order valence-corrected chi connectivity index (χ4v) is 1.86. The van der Waals surface area contributed by atoms with Gasteiger partial charge in [0.25, 0.3) is 0 Å². The molecule has 0 atom stereocenters. The summed E-state index contributed by atoms with van der Waals surface area (Å²) >= 11 is 0. The smallest absolute Gasteiger partial charge is 0.227 e.